The molecule has 0 aliphatic carbocycles. The number of ether oxygens (including phenoxy) is 1. The lowest BCUT2D eigenvalue weighted by Gasteiger charge is -2.18. The van der Waals surface area contributed by atoms with Crippen LogP contribution in [-0.2, 0) is 4.79 Å². The van der Waals surface area contributed by atoms with E-state index in [1.54, 1.807) is 60.9 Å². The van der Waals surface area contributed by atoms with Crippen LogP contribution >= 0.6 is 0 Å². The van der Waals surface area contributed by atoms with E-state index in [4.69, 9.17) is 4.74 Å². The minimum absolute atomic E-state index is 0.192. The van der Waals surface area contributed by atoms with Gasteiger partial charge in [0.15, 0.2) is 0 Å². The number of carbonyl (C=O) groups is 2. The van der Waals surface area contributed by atoms with Crippen molar-refractivity contribution < 1.29 is 19.4 Å². The topological polar surface area (TPSA) is 113 Å². The van der Waals surface area contributed by atoms with Crippen LogP contribution in [0.15, 0.2) is 85.0 Å². The van der Waals surface area contributed by atoms with E-state index in [1.165, 1.54) is 0 Å². The summed E-state index contributed by atoms with van der Waals surface area (Å²) >= 11 is 0. The number of carboxylic acid groups (broad SMARTS) is 1. The molecule has 0 fully saturated rings. The molecule has 0 radical (unpaired) electrons. The molecule has 8 nitrogen and oxygen atoms in total. The quantitative estimate of drug-likeness (QED) is 0.372. The van der Waals surface area contributed by atoms with Gasteiger partial charge in [-0.2, -0.15) is 0 Å². The Morgan fingerprint density at radius 2 is 1.82 bits per heavy atom. The number of benzene rings is 2. The number of anilines is 2. The Labute approximate surface area is 197 Å². The summed E-state index contributed by atoms with van der Waals surface area (Å²) in [6, 6.07) is 17.6. The summed E-state index contributed by atoms with van der Waals surface area (Å²) in [7, 11) is 0. The summed E-state index contributed by atoms with van der Waals surface area (Å²) in [4.78, 5) is 27.9. The normalized spacial score (nSPS) is 13.7. The molecule has 1 aliphatic rings. The van der Waals surface area contributed by atoms with Crippen LogP contribution in [0.3, 0.4) is 0 Å². The van der Waals surface area contributed by atoms with Crippen molar-refractivity contribution in [2.45, 2.75) is 25.4 Å². The number of aromatic nitrogens is 1. The van der Waals surface area contributed by atoms with Crippen LogP contribution in [0.1, 0.15) is 41.3 Å². The fourth-order valence-corrected chi connectivity index (χ4v) is 3.54. The molecule has 34 heavy (non-hydrogen) atoms. The molecule has 2 heterocycles. The van der Waals surface area contributed by atoms with Crippen molar-refractivity contribution in [3.63, 3.8) is 0 Å². The molecule has 1 aliphatic heterocycles. The molecule has 1 atom stereocenters. The van der Waals surface area contributed by atoms with Gasteiger partial charge in [-0.3, -0.25) is 14.6 Å². The van der Waals surface area contributed by atoms with Crippen molar-refractivity contribution in [1.82, 2.24) is 10.3 Å². The highest BCUT2D eigenvalue weighted by molar-refractivity contribution is 6.04. The Morgan fingerprint density at radius 3 is 2.47 bits per heavy atom. The number of carbonyl (C=O) groups excluding carboxylic acids is 1. The number of hydrogen-bond donors (Lipinski definition) is 4. The number of pyridine rings is 1. The second-order valence-corrected chi connectivity index (χ2v) is 7.86. The average molecular weight is 459 g/mol. The average Bonchev–Trinajstić information content (AvgIpc) is 2.86. The van der Waals surface area contributed by atoms with Gasteiger partial charge in [-0.25, -0.2) is 0 Å². The molecule has 0 saturated carbocycles. The number of rotatable bonds is 9. The van der Waals surface area contributed by atoms with Gasteiger partial charge >= 0.3 is 5.97 Å². The maximum absolute atomic E-state index is 12.6. The number of hydrogen-bond acceptors (Lipinski definition) is 6. The third kappa shape index (κ3) is 6.35. The highest BCUT2D eigenvalue weighted by Gasteiger charge is 2.18. The smallest absolute Gasteiger partial charge is 0.307 e. The first-order chi connectivity index (χ1) is 16.6. The van der Waals surface area contributed by atoms with Crippen LogP contribution in [-0.4, -0.2) is 28.5 Å². The van der Waals surface area contributed by atoms with E-state index >= 15 is 0 Å². The SMILES string of the molecule is O=C(O)CC(Oc1ccc(NC(=O)c2ccc(NC3=CCCCN3)cc2)cc1)c1cccnc1. The van der Waals surface area contributed by atoms with Gasteiger partial charge in [0.05, 0.1) is 12.2 Å². The van der Waals surface area contributed by atoms with Gasteiger partial charge < -0.3 is 25.8 Å². The summed E-state index contributed by atoms with van der Waals surface area (Å²) in [5.41, 5.74) is 2.72. The number of amides is 1. The van der Waals surface area contributed by atoms with E-state index in [0.717, 1.165) is 30.9 Å². The molecule has 4 N–H and O–H groups in total. The van der Waals surface area contributed by atoms with Gasteiger partial charge in [-0.15, -0.1) is 0 Å². The molecular formula is C26H26N4O4. The van der Waals surface area contributed by atoms with Crippen LogP contribution in [0.4, 0.5) is 11.4 Å². The van der Waals surface area contributed by atoms with Gasteiger partial charge in [0.2, 0.25) is 0 Å². The molecule has 3 aromatic rings. The summed E-state index contributed by atoms with van der Waals surface area (Å²) in [5, 5.41) is 18.7. The van der Waals surface area contributed by atoms with Gasteiger partial charge in [0, 0.05) is 41.4 Å². The highest BCUT2D eigenvalue weighted by atomic mass is 16.5. The molecule has 1 amide bonds. The van der Waals surface area contributed by atoms with E-state index in [1.807, 2.05) is 12.1 Å². The van der Waals surface area contributed by atoms with E-state index in [9.17, 15) is 14.7 Å². The van der Waals surface area contributed by atoms with Crippen LogP contribution in [0.25, 0.3) is 0 Å². The maximum Gasteiger partial charge on any atom is 0.307 e. The Hall–Kier alpha value is -4.33. The van der Waals surface area contributed by atoms with Gasteiger partial charge in [0.1, 0.15) is 11.9 Å². The number of allylic oxidation sites excluding steroid dienone is 1. The van der Waals surface area contributed by atoms with Gasteiger partial charge in [-0.1, -0.05) is 6.07 Å². The van der Waals surface area contributed by atoms with E-state index in [0.29, 0.717) is 22.6 Å². The summed E-state index contributed by atoms with van der Waals surface area (Å²) in [6.07, 6.45) is 6.65. The molecule has 174 valence electrons. The predicted octanol–water partition coefficient (Wildman–Crippen LogP) is 4.57. The Bertz CT molecular complexity index is 1150. The predicted molar refractivity (Wildman–Crippen MR) is 130 cm³/mol. The molecule has 8 heteroatoms. The lowest BCUT2D eigenvalue weighted by atomic mass is 10.1. The molecule has 1 aromatic heterocycles. The zero-order chi connectivity index (χ0) is 23.8. The third-order valence-corrected chi connectivity index (χ3v) is 5.28. The van der Waals surface area contributed by atoms with Crippen molar-refractivity contribution in [3.8, 4) is 5.75 Å². The standard InChI is InChI=1S/C26H26N4O4/c31-25(32)16-23(19-4-3-14-27-17-19)34-22-12-10-21(11-13-22)30-26(33)18-6-8-20(9-7-18)29-24-5-1-2-15-28-24/h3-14,17,23,28-29H,1-2,15-16H2,(H,30,33)(H,31,32). The van der Waals surface area contributed by atoms with E-state index < -0.39 is 12.1 Å². The molecular weight excluding hydrogens is 432 g/mol. The summed E-state index contributed by atoms with van der Waals surface area (Å²) < 4.78 is 5.88. The zero-order valence-electron chi connectivity index (χ0n) is 18.5. The first kappa shape index (κ1) is 22.8. The number of aliphatic carboxylic acids is 1. The second kappa shape index (κ2) is 11.0. The molecule has 0 saturated heterocycles. The highest BCUT2D eigenvalue weighted by Crippen LogP contribution is 2.26. The molecule has 0 bridgehead atoms. The third-order valence-electron chi connectivity index (χ3n) is 5.28. The Kier molecular flexibility index (Phi) is 7.39. The van der Waals surface area contributed by atoms with Crippen molar-refractivity contribution in [2.24, 2.45) is 0 Å². The molecule has 2 aromatic carbocycles. The number of carboxylic acids is 1. The molecule has 1 unspecified atom stereocenters. The number of nitrogens with one attached hydrogen (secondary N) is 3. The first-order valence-electron chi connectivity index (χ1n) is 11.1. The van der Waals surface area contributed by atoms with Gasteiger partial charge in [-0.05, 0) is 73.5 Å². The Balaban J connectivity index is 1.35. The number of nitrogens with zero attached hydrogens (tertiary/aromatic N) is 1. The van der Waals surface area contributed by atoms with E-state index in [2.05, 4.69) is 27.0 Å². The summed E-state index contributed by atoms with van der Waals surface area (Å²) in [5.74, 6) is 0.286. The van der Waals surface area contributed by atoms with Crippen LogP contribution in [0, 0.1) is 0 Å². The Morgan fingerprint density at radius 1 is 1.06 bits per heavy atom. The lowest BCUT2D eigenvalue weighted by Crippen LogP contribution is -2.23. The molecule has 4 rings (SSSR count). The van der Waals surface area contributed by atoms with Crippen LogP contribution in [0.5, 0.6) is 5.75 Å². The first-order valence-corrected chi connectivity index (χ1v) is 11.1. The van der Waals surface area contributed by atoms with Crippen molar-refractivity contribution in [2.75, 3.05) is 17.2 Å². The van der Waals surface area contributed by atoms with Crippen molar-refractivity contribution >= 4 is 23.3 Å². The largest absolute Gasteiger partial charge is 0.485 e. The van der Waals surface area contributed by atoms with Crippen LogP contribution in [0.2, 0.25) is 0 Å². The fraction of sp³-hybridized carbons (Fsp3) is 0.192. The zero-order valence-corrected chi connectivity index (χ0v) is 18.5. The maximum atomic E-state index is 12.6. The summed E-state index contributed by atoms with van der Waals surface area (Å²) in [6.45, 7) is 0.951. The van der Waals surface area contributed by atoms with Crippen molar-refractivity contribution in [1.29, 1.82) is 0 Å². The monoisotopic (exact) mass is 458 g/mol. The fourth-order valence-electron chi connectivity index (χ4n) is 3.54. The van der Waals surface area contributed by atoms with Gasteiger partial charge in [0.25, 0.3) is 5.91 Å². The van der Waals surface area contributed by atoms with E-state index in [-0.39, 0.29) is 12.3 Å². The minimum atomic E-state index is -0.967. The lowest BCUT2D eigenvalue weighted by molar-refractivity contribution is -0.138. The van der Waals surface area contributed by atoms with Crippen molar-refractivity contribution in [3.05, 3.63) is 96.1 Å². The second-order valence-electron chi connectivity index (χ2n) is 7.86. The molecule has 0 spiro atoms. The minimum Gasteiger partial charge on any atom is -0.485 e. The van der Waals surface area contributed by atoms with Crippen LogP contribution < -0.4 is 20.7 Å².